The maximum absolute atomic E-state index is 12.8. The summed E-state index contributed by atoms with van der Waals surface area (Å²) < 4.78 is 38.9. The van der Waals surface area contributed by atoms with Crippen LogP contribution in [0.5, 0.6) is 11.5 Å². The van der Waals surface area contributed by atoms with Crippen molar-refractivity contribution in [3.05, 3.63) is 84.7 Å². The Bertz CT molecular complexity index is 1440. The number of carbonyl (C=O) groups excluding carboxylic acids is 1. The van der Waals surface area contributed by atoms with Gasteiger partial charge in [-0.15, -0.1) is 5.10 Å². The Morgan fingerprint density at radius 2 is 1.59 bits per heavy atom. The quantitative estimate of drug-likeness (QED) is 0.437. The summed E-state index contributed by atoms with van der Waals surface area (Å²) in [7, 11) is -3.84. The normalized spacial score (nSPS) is 12.7. The Hall–Kier alpha value is -4.38. The molecule has 4 aromatic rings. The minimum atomic E-state index is -3.84. The van der Waals surface area contributed by atoms with Gasteiger partial charge in [0, 0.05) is 17.4 Å². The summed E-state index contributed by atoms with van der Waals surface area (Å²) in [6, 6.07) is 19.9. The average Bonchev–Trinajstić information content (AvgIpc) is 3.36. The van der Waals surface area contributed by atoms with E-state index in [0.29, 0.717) is 36.1 Å². The monoisotopic (exact) mass is 477 g/mol. The average molecular weight is 478 g/mol. The standard InChI is InChI=1S/C23H19N5O5S/c29-23(20-15-24-28(26-20)18-4-2-1-3-5-18)25-16-6-8-17(9-7-16)27-34(30,31)19-10-11-21-22(14-19)33-13-12-32-21/h1-11,14-15,27H,12-13H2,(H,25,29). The van der Waals surface area contributed by atoms with E-state index in [9.17, 15) is 13.2 Å². The summed E-state index contributed by atoms with van der Waals surface area (Å²) in [5.41, 5.74) is 1.69. The summed E-state index contributed by atoms with van der Waals surface area (Å²) in [6.45, 7) is 0.783. The van der Waals surface area contributed by atoms with Crippen LogP contribution in [0.3, 0.4) is 0 Å². The van der Waals surface area contributed by atoms with Crippen LogP contribution in [-0.4, -0.2) is 42.5 Å². The maximum atomic E-state index is 12.8. The largest absolute Gasteiger partial charge is 0.486 e. The summed E-state index contributed by atoms with van der Waals surface area (Å²) in [4.78, 5) is 13.9. The van der Waals surface area contributed by atoms with Crippen molar-refractivity contribution in [2.45, 2.75) is 4.90 Å². The lowest BCUT2D eigenvalue weighted by Crippen LogP contribution is -2.17. The van der Waals surface area contributed by atoms with Crippen LogP contribution in [0.4, 0.5) is 11.4 Å². The van der Waals surface area contributed by atoms with E-state index in [-0.39, 0.29) is 10.6 Å². The first-order valence-corrected chi connectivity index (χ1v) is 11.8. The van der Waals surface area contributed by atoms with Crippen molar-refractivity contribution in [1.29, 1.82) is 0 Å². The number of rotatable bonds is 6. The third-order valence-corrected chi connectivity index (χ3v) is 6.31. The Labute approximate surface area is 195 Å². The van der Waals surface area contributed by atoms with Crippen molar-refractivity contribution in [3.8, 4) is 17.2 Å². The fourth-order valence-electron chi connectivity index (χ4n) is 3.27. The van der Waals surface area contributed by atoms with E-state index < -0.39 is 15.9 Å². The molecule has 0 radical (unpaired) electrons. The van der Waals surface area contributed by atoms with Gasteiger partial charge < -0.3 is 14.8 Å². The summed E-state index contributed by atoms with van der Waals surface area (Å²) in [5.74, 6) is 0.456. The Morgan fingerprint density at radius 1 is 0.882 bits per heavy atom. The molecule has 0 unspecified atom stereocenters. The first-order chi connectivity index (χ1) is 16.5. The van der Waals surface area contributed by atoms with Gasteiger partial charge in [-0.2, -0.15) is 9.90 Å². The van der Waals surface area contributed by atoms with Gasteiger partial charge in [-0.1, -0.05) is 18.2 Å². The molecule has 0 spiro atoms. The van der Waals surface area contributed by atoms with Crippen molar-refractivity contribution in [2.24, 2.45) is 0 Å². The number of anilines is 2. The van der Waals surface area contributed by atoms with Gasteiger partial charge in [-0.25, -0.2) is 8.42 Å². The predicted molar refractivity (Wildman–Crippen MR) is 124 cm³/mol. The Morgan fingerprint density at radius 3 is 2.35 bits per heavy atom. The molecular formula is C23H19N5O5S. The molecule has 10 nitrogen and oxygen atoms in total. The van der Waals surface area contributed by atoms with E-state index in [2.05, 4.69) is 20.2 Å². The highest BCUT2D eigenvalue weighted by Crippen LogP contribution is 2.32. The van der Waals surface area contributed by atoms with Crippen LogP contribution in [0.15, 0.2) is 83.9 Å². The molecule has 2 N–H and O–H groups in total. The van der Waals surface area contributed by atoms with Gasteiger partial charge in [-0.05, 0) is 48.5 Å². The van der Waals surface area contributed by atoms with Gasteiger partial charge in [0.25, 0.3) is 15.9 Å². The number of para-hydroxylation sites is 1. The molecule has 0 atom stereocenters. The van der Waals surface area contributed by atoms with E-state index in [1.54, 1.807) is 30.3 Å². The van der Waals surface area contributed by atoms with Crippen molar-refractivity contribution in [3.63, 3.8) is 0 Å². The third-order valence-electron chi connectivity index (χ3n) is 4.93. The van der Waals surface area contributed by atoms with Gasteiger partial charge in [0.15, 0.2) is 17.2 Å². The number of nitrogens with one attached hydrogen (secondary N) is 2. The molecule has 0 saturated carbocycles. The number of aromatic nitrogens is 3. The Balaban J connectivity index is 1.25. The van der Waals surface area contributed by atoms with Crippen LogP contribution >= 0.6 is 0 Å². The van der Waals surface area contributed by atoms with Crippen LogP contribution in [0.25, 0.3) is 5.69 Å². The molecule has 11 heteroatoms. The van der Waals surface area contributed by atoms with Gasteiger partial charge in [0.1, 0.15) is 13.2 Å². The number of amides is 1. The van der Waals surface area contributed by atoms with E-state index >= 15 is 0 Å². The molecular weight excluding hydrogens is 458 g/mol. The zero-order valence-electron chi connectivity index (χ0n) is 17.7. The molecule has 0 bridgehead atoms. The minimum Gasteiger partial charge on any atom is -0.486 e. The van der Waals surface area contributed by atoms with Gasteiger partial charge in [-0.3, -0.25) is 9.52 Å². The number of sulfonamides is 1. The smallest absolute Gasteiger partial charge is 0.277 e. The lowest BCUT2D eigenvalue weighted by molar-refractivity contribution is 0.102. The van der Waals surface area contributed by atoms with Gasteiger partial charge in [0.05, 0.1) is 16.8 Å². The highest BCUT2D eigenvalue weighted by molar-refractivity contribution is 7.92. The van der Waals surface area contributed by atoms with Crippen LogP contribution in [-0.2, 0) is 10.0 Å². The topological polar surface area (TPSA) is 124 Å². The van der Waals surface area contributed by atoms with E-state index in [4.69, 9.17) is 9.47 Å². The fourth-order valence-corrected chi connectivity index (χ4v) is 4.35. The summed E-state index contributed by atoms with van der Waals surface area (Å²) >= 11 is 0. The molecule has 5 rings (SSSR count). The first-order valence-electron chi connectivity index (χ1n) is 10.3. The summed E-state index contributed by atoms with van der Waals surface area (Å²) in [6.07, 6.45) is 1.37. The third kappa shape index (κ3) is 4.55. The number of benzene rings is 3. The fraction of sp³-hybridized carbons (Fsp3) is 0.0870. The molecule has 1 amide bonds. The number of carbonyl (C=O) groups is 1. The zero-order valence-corrected chi connectivity index (χ0v) is 18.5. The second-order valence-electron chi connectivity index (χ2n) is 7.30. The first kappa shape index (κ1) is 21.5. The molecule has 0 aliphatic carbocycles. The Kier molecular flexibility index (Phi) is 5.60. The highest BCUT2D eigenvalue weighted by Gasteiger charge is 2.20. The summed E-state index contributed by atoms with van der Waals surface area (Å²) in [5, 5.41) is 11.0. The van der Waals surface area contributed by atoms with E-state index in [1.807, 2.05) is 30.3 Å². The molecule has 0 saturated heterocycles. The minimum absolute atomic E-state index is 0.0515. The van der Waals surface area contributed by atoms with Gasteiger partial charge in [0.2, 0.25) is 0 Å². The lowest BCUT2D eigenvalue weighted by atomic mass is 10.3. The lowest BCUT2D eigenvalue weighted by Gasteiger charge is -2.19. The number of hydrogen-bond donors (Lipinski definition) is 2. The maximum Gasteiger partial charge on any atom is 0.277 e. The molecule has 2 heterocycles. The van der Waals surface area contributed by atoms with Crippen LogP contribution in [0.1, 0.15) is 10.5 Å². The van der Waals surface area contributed by atoms with Crippen LogP contribution < -0.4 is 19.5 Å². The molecule has 172 valence electrons. The molecule has 34 heavy (non-hydrogen) atoms. The van der Waals surface area contributed by atoms with Crippen LogP contribution in [0, 0.1) is 0 Å². The second-order valence-corrected chi connectivity index (χ2v) is 8.98. The van der Waals surface area contributed by atoms with Crippen molar-refractivity contribution in [1.82, 2.24) is 15.0 Å². The van der Waals surface area contributed by atoms with E-state index in [0.717, 1.165) is 5.69 Å². The SMILES string of the molecule is O=C(Nc1ccc(NS(=O)(=O)c2ccc3c(c2)OCCO3)cc1)c1cnn(-c2ccccc2)n1. The van der Waals surface area contributed by atoms with Crippen molar-refractivity contribution >= 4 is 27.3 Å². The van der Waals surface area contributed by atoms with E-state index in [1.165, 1.54) is 23.1 Å². The van der Waals surface area contributed by atoms with Crippen LogP contribution in [0.2, 0.25) is 0 Å². The molecule has 1 aromatic heterocycles. The molecule has 3 aromatic carbocycles. The highest BCUT2D eigenvalue weighted by atomic mass is 32.2. The molecule has 1 aliphatic rings. The number of hydrogen-bond acceptors (Lipinski definition) is 7. The van der Waals surface area contributed by atoms with Crippen molar-refractivity contribution in [2.75, 3.05) is 23.3 Å². The number of ether oxygens (including phenoxy) is 2. The molecule has 1 aliphatic heterocycles. The second kappa shape index (κ2) is 8.87. The number of nitrogens with zero attached hydrogens (tertiary/aromatic N) is 3. The number of fused-ring (bicyclic) bond motifs is 1. The zero-order chi connectivity index (χ0) is 23.5. The predicted octanol–water partition coefficient (Wildman–Crippen LogP) is 3.09. The van der Waals surface area contributed by atoms with Crippen molar-refractivity contribution < 1.29 is 22.7 Å². The van der Waals surface area contributed by atoms with Gasteiger partial charge >= 0.3 is 0 Å². The molecule has 0 fully saturated rings.